The average molecular weight is 278 g/mol. The topological polar surface area (TPSA) is 113 Å². The van der Waals surface area contributed by atoms with E-state index < -0.39 is 5.91 Å². The number of nitrogens with zero attached hydrogens (tertiary/aromatic N) is 3. The lowest BCUT2D eigenvalue weighted by Crippen LogP contribution is -2.47. The molecule has 1 aromatic heterocycles. The van der Waals surface area contributed by atoms with Gasteiger partial charge in [-0.25, -0.2) is 9.97 Å². The van der Waals surface area contributed by atoms with Crippen LogP contribution in [0.3, 0.4) is 0 Å². The van der Waals surface area contributed by atoms with E-state index in [1.54, 1.807) is 0 Å². The van der Waals surface area contributed by atoms with Crippen molar-refractivity contribution >= 4 is 17.6 Å². The molecule has 0 bridgehead atoms. The van der Waals surface area contributed by atoms with Crippen LogP contribution in [-0.4, -0.2) is 59.4 Å². The molecule has 8 nitrogen and oxygen atoms in total. The van der Waals surface area contributed by atoms with Gasteiger partial charge in [0.25, 0.3) is 5.91 Å². The number of nitrogens with one attached hydrogen (secondary N) is 2. The van der Waals surface area contributed by atoms with Crippen LogP contribution in [0.15, 0.2) is 12.4 Å². The Bertz CT molecular complexity index is 493. The second kappa shape index (κ2) is 6.80. The normalized spacial score (nSPS) is 15.7. The molecule has 0 spiro atoms. The number of nitrogens with two attached hydrogens (primary N) is 1. The number of carbonyl (C=O) groups excluding carboxylic acids is 2. The highest BCUT2D eigenvalue weighted by Crippen LogP contribution is 2.07. The number of primary amides is 1. The molecule has 0 unspecified atom stereocenters. The highest BCUT2D eigenvalue weighted by atomic mass is 16.2. The molecule has 0 atom stereocenters. The third-order valence-corrected chi connectivity index (χ3v) is 2.99. The van der Waals surface area contributed by atoms with Gasteiger partial charge in [-0.1, -0.05) is 0 Å². The van der Waals surface area contributed by atoms with E-state index in [1.165, 1.54) is 12.4 Å². The number of rotatable bonds is 6. The number of amides is 2. The van der Waals surface area contributed by atoms with E-state index in [9.17, 15) is 9.59 Å². The van der Waals surface area contributed by atoms with Crippen molar-refractivity contribution in [2.45, 2.75) is 6.42 Å². The Kier molecular flexibility index (Phi) is 4.83. The standard InChI is InChI=1S/C12H18N6O2/c13-11(20)10-12(17-4-3-15-10)16-2-1-6-18-7-5-14-9(19)8-18/h3-4H,1-2,5-8H2,(H2,13,20)(H,14,19)(H,16,17). The highest BCUT2D eigenvalue weighted by Gasteiger charge is 2.15. The van der Waals surface area contributed by atoms with Gasteiger partial charge in [-0.05, 0) is 6.42 Å². The van der Waals surface area contributed by atoms with E-state index in [-0.39, 0.29) is 11.6 Å². The molecule has 1 aliphatic rings. The molecule has 20 heavy (non-hydrogen) atoms. The molecule has 1 saturated heterocycles. The Morgan fingerprint density at radius 3 is 3.00 bits per heavy atom. The van der Waals surface area contributed by atoms with Crippen LogP contribution in [0, 0.1) is 0 Å². The van der Waals surface area contributed by atoms with Crippen LogP contribution in [0.4, 0.5) is 5.82 Å². The minimum atomic E-state index is -0.603. The lowest BCUT2D eigenvalue weighted by atomic mass is 10.3. The summed E-state index contributed by atoms with van der Waals surface area (Å²) in [6, 6.07) is 0. The zero-order valence-corrected chi connectivity index (χ0v) is 11.1. The lowest BCUT2D eigenvalue weighted by Gasteiger charge is -2.26. The van der Waals surface area contributed by atoms with E-state index >= 15 is 0 Å². The number of carbonyl (C=O) groups is 2. The van der Waals surface area contributed by atoms with Crippen molar-refractivity contribution in [1.29, 1.82) is 0 Å². The molecule has 2 amide bonds. The molecular weight excluding hydrogens is 260 g/mol. The Morgan fingerprint density at radius 2 is 2.25 bits per heavy atom. The largest absolute Gasteiger partial charge is 0.368 e. The van der Waals surface area contributed by atoms with Crippen molar-refractivity contribution in [2.24, 2.45) is 5.73 Å². The summed E-state index contributed by atoms with van der Waals surface area (Å²) >= 11 is 0. The first kappa shape index (κ1) is 14.2. The molecule has 1 aliphatic heterocycles. The van der Waals surface area contributed by atoms with E-state index in [1.807, 2.05) is 0 Å². The summed E-state index contributed by atoms with van der Waals surface area (Å²) in [5.74, 6) is -0.140. The summed E-state index contributed by atoms with van der Waals surface area (Å²) in [5.41, 5.74) is 5.36. The Morgan fingerprint density at radius 1 is 1.45 bits per heavy atom. The van der Waals surface area contributed by atoms with Gasteiger partial charge in [-0.2, -0.15) is 0 Å². The van der Waals surface area contributed by atoms with Crippen LogP contribution in [0.5, 0.6) is 0 Å². The molecule has 0 radical (unpaired) electrons. The zero-order chi connectivity index (χ0) is 14.4. The molecule has 0 saturated carbocycles. The third-order valence-electron chi connectivity index (χ3n) is 2.99. The molecule has 2 rings (SSSR count). The van der Waals surface area contributed by atoms with Crippen molar-refractivity contribution in [3.63, 3.8) is 0 Å². The van der Waals surface area contributed by atoms with Crippen molar-refractivity contribution < 1.29 is 9.59 Å². The fourth-order valence-electron chi connectivity index (χ4n) is 2.04. The minimum Gasteiger partial charge on any atom is -0.368 e. The number of hydrogen-bond acceptors (Lipinski definition) is 6. The summed E-state index contributed by atoms with van der Waals surface area (Å²) in [6.45, 7) is 3.45. The van der Waals surface area contributed by atoms with Crippen LogP contribution in [0.2, 0.25) is 0 Å². The maximum Gasteiger partial charge on any atom is 0.271 e. The van der Waals surface area contributed by atoms with Crippen LogP contribution >= 0.6 is 0 Å². The quantitative estimate of drug-likeness (QED) is 0.564. The second-order valence-electron chi connectivity index (χ2n) is 4.52. The van der Waals surface area contributed by atoms with E-state index in [4.69, 9.17) is 5.73 Å². The summed E-state index contributed by atoms with van der Waals surface area (Å²) in [7, 11) is 0. The van der Waals surface area contributed by atoms with Crippen LogP contribution in [0.1, 0.15) is 16.9 Å². The molecular formula is C12H18N6O2. The molecule has 4 N–H and O–H groups in total. The summed E-state index contributed by atoms with van der Waals surface area (Å²) in [6.07, 6.45) is 3.77. The molecule has 2 heterocycles. The molecule has 0 aromatic carbocycles. The Labute approximate surface area is 116 Å². The smallest absolute Gasteiger partial charge is 0.271 e. The van der Waals surface area contributed by atoms with Gasteiger partial charge in [-0.15, -0.1) is 0 Å². The van der Waals surface area contributed by atoms with Gasteiger partial charge in [0.05, 0.1) is 6.54 Å². The van der Waals surface area contributed by atoms with E-state index in [0.717, 1.165) is 19.5 Å². The van der Waals surface area contributed by atoms with Gasteiger partial charge in [0.2, 0.25) is 5.91 Å². The van der Waals surface area contributed by atoms with Gasteiger partial charge in [0.15, 0.2) is 11.5 Å². The Balaban J connectivity index is 1.76. The predicted molar refractivity (Wildman–Crippen MR) is 73.1 cm³/mol. The zero-order valence-electron chi connectivity index (χ0n) is 11.1. The highest BCUT2D eigenvalue weighted by molar-refractivity contribution is 5.95. The van der Waals surface area contributed by atoms with Crippen molar-refractivity contribution in [3.05, 3.63) is 18.1 Å². The molecule has 8 heteroatoms. The second-order valence-corrected chi connectivity index (χ2v) is 4.52. The van der Waals surface area contributed by atoms with Crippen LogP contribution < -0.4 is 16.4 Å². The molecule has 1 fully saturated rings. The summed E-state index contributed by atoms with van der Waals surface area (Å²) in [5, 5.41) is 5.83. The van der Waals surface area contributed by atoms with Crippen LogP contribution in [-0.2, 0) is 4.79 Å². The van der Waals surface area contributed by atoms with E-state index in [0.29, 0.717) is 25.5 Å². The Hall–Kier alpha value is -2.22. The monoisotopic (exact) mass is 278 g/mol. The van der Waals surface area contributed by atoms with Gasteiger partial charge in [-0.3, -0.25) is 14.5 Å². The lowest BCUT2D eigenvalue weighted by molar-refractivity contribution is -0.124. The summed E-state index contributed by atoms with van der Waals surface area (Å²) in [4.78, 5) is 32.4. The van der Waals surface area contributed by atoms with Crippen molar-refractivity contribution in [3.8, 4) is 0 Å². The van der Waals surface area contributed by atoms with Crippen molar-refractivity contribution in [1.82, 2.24) is 20.2 Å². The van der Waals surface area contributed by atoms with Gasteiger partial charge in [0.1, 0.15) is 0 Å². The summed E-state index contributed by atoms with van der Waals surface area (Å²) < 4.78 is 0. The fraction of sp³-hybridized carbons (Fsp3) is 0.500. The molecule has 0 aliphatic carbocycles. The molecule has 1 aromatic rings. The maximum absolute atomic E-state index is 11.2. The SMILES string of the molecule is NC(=O)c1nccnc1NCCCN1CCNC(=O)C1. The number of aromatic nitrogens is 2. The third kappa shape index (κ3) is 3.89. The van der Waals surface area contributed by atoms with Gasteiger partial charge < -0.3 is 16.4 Å². The van der Waals surface area contributed by atoms with Gasteiger partial charge in [0, 0.05) is 38.6 Å². The maximum atomic E-state index is 11.2. The fourth-order valence-corrected chi connectivity index (χ4v) is 2.04. The number of hydrogen-bond donors (Lipinski definition) is 3. The molecule has 108 valence electrons. The van der Waals surface area contributed by atoms with Crippen LogP contribution in [0.25, 0.3) is 0 Å². The average Bonchev–Trinajstić information content (AvgIpc) is 2.44. The van der Waals surface area contributed by atoms with Crippen molar-refractivity contribution in [2.75, 3.05) is 38.0 Å². The number of piperazine rings is 1. The first-order valence-corrected chi connectivity index (χ1v) is 6.50. The predicted octanol–water partition coefficient (Wildman–Crippen LogP) is -1.19. The first-order valence-electron chi connectivity index (χ1n) is 6.50. The van der Waals surface area contributed by atoms with E-state index in [2.05, 4.69) is 25.5 Å². The first-order chi connectivity index (χ1) is 9.66. The minimum absolute atomic E-state index is 0.0640. The van der Waals surface area contributed by atoms with Gasteiger partial charge >= 0.3 is 0 Å². The number of anilines is 1.